The van der Waals surface area contributed by atoms with E-state index in [-0.39, 0.29) is 18.6 Å². The molecular formula is C11H20N4O2. The summed E-state index contributed by atoms with van der Waals surface area (Å²) >= 11 is 0. The van der Waals surface area contributed by atoms with Crippen molar-refractivity contribution in [1.82, 2.24) is 20.1 Å². The van der Waals surface area contributed by atoms with Gasteiger partial charge in [-0.15, -0.1) is 0 Å². The quantitative estimate of drug-likeness (QED) is 0.649. The summed E-state index contributed by atoms with van der Waals surface area (Å²) in [6.45, 7) is 2.70. The molecule has 0 radical (unpaired) electrons. The molecular weight excluding hydrogens is 220 g/mol. The van der Waals surface area contributed by atoms with Gasteiger partial charge < -0.3 is 10.4 Å². The number of nitrogens with zero attached hydrogens (tertiary/aromatic N) is 3. The van der Waals surface area contributed by atoms with Crippen LogP contribution in [0.15, 0.2) is 12.7 Å². The Morgan fingerprint density at radius 1 is 1.41 bits per heavy atom. The first-order chi connectivity index (χ1) is 8.25. The van der Waals surface area contributed by atoms with Crippen molar-refractivity contribution in [3.05, 3.63) is 12.7 Å². The summed E-state index contributed by atoms with van der Waals surface area (Å²) in [6, 6.07) is -0.324. The van der Waals surface area contributed by atoms with E-state index in [4.69, 9.17) is 5.11 Å². The molecule has 1 unspecified atom stereocenters. The first kappa shape index (κ1) is 13.6. The summed E-state index contributed by atoms with van der Waals surface area (Å²) in [5.74, 6) is -0.0438. The number of aromatic nitrogens is 3. The Morgan fingerprint density at radius 2 is 2.18 bits per heavy atom. The molecule has 1 atom stereocenters. The van der Waals surface area contributed by atoms with Crippen molar-refractivity contribution in [3.63, 3.8) is 0 Å². The Kier molecular flexibility index (Phi) is 6.24. The lowest BCUT2D eigenvalue weighted by molar-refractivity contribution is -0.124. The molecule has 0 fully saturated rings. The summed E-state index contributed by atoms with van der Waals surface area (Å²) < 4.78 is 1.53. The third-order valence-electron chi connectivity index (χ3n) is 2.60. The molecule has 1 aromatic heterocycles. The number of aliphatic hydroxyl groups is 1. The number of hydrogen-bond acceptors (Lipinski definition) is 4. The highest BCUT2D eigenvalue weighted by molar-refractivity contribution is 5.79. The summed E-state index contributed by atoms with van der Waals surface area (Å²) in [7, 11) is 0. The molecule has 0 saturated heterocycles. The van der Waals surface area contributed by atoms with E-state index in [1.165, 1.54) is 17.3 Å². The van der Waals surface area contributed by atoms with Crippen LogP contribution < -0.4 is 5.32 Å². The lowest BCUT2D eigenvalue weighted by Crippen LogP contribution is -2.31. The zero-order chi connectivity index (χ0) is 12.5. The Morgan fingerprint density at radius 3 is 2.82 bits per heavy atom. The number of rotatable bonds is 8. The van der Waals surface area contributed by atoms with Gasteiger partial charge in [0.25, 0.3) is 0 Å². The predicted molar refractivity (Wildman–Crippen MR) is 63.3 cm³/mol. The van der Waals surface area contributed by atoms with Gasteiger partial charge in [-0.3, -0.25) is 4.79 Å². The zero-order valence-electron chi connectivity index (χ0n) is 10.2. The summed E-state index contributed by atoms with van der Waals surface area (Å²) in [6.07, 6.45) is 6.76. The largest absolute Gasteiger partial charge is 0.396 e. The highest BCUT2D eigenvalue weighted by atomic mass is 16.2. The van der Waals surface area contributed by atoms with Crippen LogP contribution in [0, 0.1) is 0 Å². The number of carbonyl (C=O) groups is 1. The first-order valence-electron chi connectivity index (χ1n) is 5.98. The van der Waals surface area contributed by atoms with Gasteiger partial charge in [-0.1, -0.05) is 12.8 Å². The molecule has 1 amide bonds. The van der Waals surface area contributed by atoms with Gasteiger partial charge in [0.05, 0.1) is 0 Å². The second-order valence-electron chi connectivity index (χ2n) is 3.98. The van der Waals surface area contributed by atoms with Crippen molar-refractivity contribution >= 4 is 5.91 Å². The zero-order valence-corrected chi connectivity index (χ0v) is 10.2. The number of carbonyl (C=O) groups excluding carboxylic acids is 1. The monoisotopic (exact) mass is 240 g/mol. The number of aliphatic hydroxyl groups excluding tert-OH is 1. The molecule has 1 heterocycles. The molecule has 6 heteroatoms. The molecule has 1 rings (SSSR count). The van der Waals surface area contributed by atoms with Crippen LogP contribution in [0.1, 0.15) is 38.6 Å². The van der Waals surface area contributed by atoms with E-state index in [9.17, 15) is 4.79 Å². The van der Waals surface area contributed by atoms with Crippen molar-refractivity contribution in [2.75, 3.05) is 13.2 Å². The van der Waals surface area contributed by atoms with Crippen LogP contribution >= 0.6 is 0 Å². The minimum atomic E-state index is -0.324. The average molecular weight is 240 g/mol. The van der Waals surface area contributed by atoms with E-state index in [2.05, 4.69) is 15.4 Å². The van der Waals surface area contributed by atoms with E-state index in [1.807, 2.05) is 0 Å². The van der Waals surface area contributed by atoms with Gasteiger partial charge in [-0.25, -0.2) is 9.67 Å². The normalized spacial score (nSPS) is 12.4. The molecule has 0 aromatic carbocycles. The van der Waals surface area contributed by atoms with Crippen LogP contribution in [0.2, 0.25) is 0 Å². The van der Waals surface area contributed by atoms with Gasteiger partial charge in [-0.05, 0) is 19.8 Å². The predicted octanol–water partition coefficient (Wildman–Crippen LogP) is 0.508. The highest BCUT2D eigenvalue weighted by Gasteiger charge is 2.14. The molecule has 0 aliphatic heterocycles. The third-order valence-corrected chi connectivity index (χ3v) is 2.60. The van der Waals surface area contributed by atoms with Crippen molar-refractivity contribution in [2.45, 2.75) is 38.6 Å². The molecule has 0 aliphatic carbocycles. The second-order valence-corrected chi connectivity index (χ2v) is 3.98. The van der Waals surface area contributed by atoms with E-state index >= 15 is 0 Å². The van der Waals surface area contributed by atoms with Gasteiger partial charge >= 0.3 is 0 Å². The molecule has 0 saturated carbocycles. The van der Waals surface area contributed by atoms with E-state index in [0.29, 0.717) is 6.54 Å². The van der Waals surface area contributed by atoms with Crippen LogP contribution in [-0.4, -0.2) is 38.9 Å². The molecule has 2 N–H and O–H groups in total. The molecule has 6 nitrogen and oxygen atoms in total. The van der Waals surface area contributed by atoms with Crippen LogP contribution in [0.3, 0.4) is 0 Å². The lowest BCUT2D eigenvalue weighted by atomic mass is 10.2. The van der Waals surface area contributed by atoms with Gasteiger partial charge in [-0.2, -0.15) is 5.10 Å². The summed E-state index contributed by atoms with van der Waals surface area (Å²) in [5.41, 5.74) is 0. The number of amides is 1. The highest BCUT2D eigenvalue weighted by Crippen LogP contribution is 2.02. The Balaban J connectivity index is 2.13. The Hall–Kier alpha value is -1.43. The standard InChI is InChI=1S/C11H20N4O2/c1-10(15-9-12-8-14-15)11(17)13-6-4-2-3-5-7-16/h8-10,16H,2-7H2,1H3,(H,13,17). The number of nitrogens with one attached hydrogen (secondary N) is 1. The molecule has 17 heavy (non-hydrogen) atoms. The molecule has 0 aliphatic rings. The second kappa shape index (κ2) is 7.78. The van der Waals surface area contributed by atoms with Crippen molar-refractivity contribution in [2.24, 2.45) is 0 Å². The minimum Gasteiger partial charge on any atom is -0.396 e. The lowest BCUT2D eigenvalue weighted by Gasteiger charge is -2.11. The van der Waals surface area contributed by atoms with Gasteiger partial charge in [0.1, 0.15) is 18.7 Å². The SMILES string of the molecule is CC(C(=O)NCCCCCCO)n1cncn1. The Labute approximate surface area is 101 Å². The maximum Gasteiger partial charge on any atom is 0.244 e. The van der Waals surface area contributed by atoms with Crippen molar-refractivity contribution in [1.29, 1.82) is 0 Å². The third kappa shape index (κ3) is 4.95. The summed E-state index contributed by atoms with van der Waals surface area (Å²) in [4.78, 5) is 15.5. The molecule has 0 bridgehead atoms. The van der Waals surface area contributed by atoms with Gasteiger partial charge in [0, 0.05) is 13.2 Å². The fraction of sp³-hybridized carbons (Fsp3) is 0.727. The smallest absolute Gasteiger partial charge is 0.244 e. The van der Waals surface area contributed by atoms with Gasteiger partial charge in [0.2, 0.25) is 5.91 Å². The van der Waals surface area contributed by atoms with E-state index in [1.54, 1.807) is 6.92 Å². The number of unbranched alkanes of at least 4 members (excludes halogenated alkanes) is 3. The van der Waals surface area contributed by atoms with Crippen LogP contribution in [0.4, 0.5) is 0 Å². The van der Waals surface area contributed by atoms with Crippen LogP contribution in [0.25, 0.3) is 0 Å². The molecule has 96 valence electrons. The maximum absolute atomic E-state index is 11.7. The number of hydrogen-bond donors (Lipinski definition) is 2. The fourth-order valence-electron chi connectivity index (χ4n) is 1.49. The summed E-state index contributed by atoms with van der Waals surface area (Å²) in [5, 5.41) is 15.4. The van der Waals surface area contributed by atoms with Crippen molar-refractivity contribution < 1.29 is 9.90 Å². The fourth-order valence-corrected chi connectivity index (χ4v) is 1.49. The minimum absolute atomic E-state index is 0.0438. The maximum atomic E-state index is 11.7. The van der Waals surface area contributed by atoms with E-state index in [0.717, 1.165) is 25.7 Å². The van der Waals surface area contributed by atoms with Gasteiger partial charge in [0.15, 0.2) is 0 Å². The average Bonchev–Trinajstić information content (AvgIpc) is 2.86. The molecule has 1 aromatic rings. The van der Waals surface area contributed by atoms with E-state index < -0.39 is 0 Å². The van der Waals surface area contributed by atoms with Crippen LogP contribution in [0.5, 0.6) is 0 Å². The topological polar surface area (TPSA) is 80.0 Å². The first-order valence-corrected chi connectivity index (χ1v) is 5.98. The Bertz CT molecular complexity index is 313. The molecule has 0 spiro atoms. The van der Waals surface area contributed by atoms with Crippen molar-refractivity contribution in [3.8, 4) is 0 Å². The van der Waals surface area contributed by atoms with Crippen LogP contribution in [-0.2, 0) is 4.79 Å².